The Balaban J connectivity index is 1.97. The van der Waals surface area contributed by atoms with Crippen molar-refractivity contribution in [1.82, 2.24) is 0 Å². The van der Waals surface area contributed by atoms with Gasteiger partial charge in [0.05, 0.1) is 0 Å². The van der Waals surface area contributed by atoms with Crippen LogP contribution in [0.1, 0.15) is 34.3 Å². The van der Waals surface area contributed by atoms with Crippen molar-refractivity contribution in [3.8, 4) is 16.9 Å². The third-order valence-electron chi connectivity index (χ3n) is 4.14. The highest BCUT2D eigenvalue weighted by molar-refractivity contribution is 9.10. The minimum Gasteiger partial charge on any atom is -0.488 e. The molecule has 0 saturated heterocycles. The average Bonchev–Trinajstić information content (AvgIpc) is 2.45. The van der Waals surface area contributed by atoms with Crippen LogP contribution in [0.4, 0.5) is 0 Å². The van der Waals surface area contributed by atoms with Gasteiger partial charge in [-0.1, -0.05) is 27.5 Å². The van der Waals surface area contributed by atoms with Crippen molar-refractivity contribution in [1.29, 1.82) is 0 Å². The van der Waals surface area contributed by atoms with Crippen molar-refractivity contribution < 1.29 is 9.53 Å². The van der Waals surface area contributed by atoms with E-state index in [0.29, 0.717) is 18.1 Å². The standard InChI is InChI=1S/C17H12BrClO2/c18-14-6-11(19)4-10-8-21-16-7-12-9(2-1-3-15(12)20)5-13(16)17(10)14/h4-7H,1-3,8H2. The van der Waals surface area contributed by atoms with Gasteiger partial charge in [-0.3, -0.25) is 4.79 Å². The molecule has 0 amide bonds. The predicted molar refractivity (Wildman–Crippen MR) is 86.2 cm³/mol. The number of rotatable bonds is 0. The lowest BCUT2D eigenvalue weighted by Crippen LogP contribution is -2.14. The van der Waals surface area contributed by atoms with Crippen LogP contribution in [-0.4, -0.2) is 5.78 Å². The maximum atomic E-state index is 12.0. The quantitative estimate of drug-likeness (QED) is 0.644. The van der Waals surface area contributed by atoms with Crippen LogP contribution in [0, 0.1) is 0 Å². The maximum Gasteiger partial charge on any atom is 0.163 e. The van der Waals surface area contributed by atoms with Crippen molar-refractivity contribution in [2.75, 3.05) is 0 Å². The summed E-state index contributed by atoms with van der Waals surface area (Å²) in [6, 6.07) is 7.86. The number of carbonyl (C=O) groups excluding carboxylic acids is 1. The van der Waals surface area contributed by atoms with Gasteiger partial charge in [-0.05, 0) is 48.2 Å². The first-order chi connectivity index (χ1) is 10.1. The molecule has 2 aromatic carbocycles. The molecule has 21 heavy (non-hydrogen) atoms. The van der Waals surface area contributed by atoms with Crippen LogP contribution < -0.4 is 4.74 Å². The molecule has 4 rings (SSSR count). The number of Topliss-reactive ketones (excluding diaryl/α,β-unsaturated/α-hetero) is 1. The van der Waals surface area contributed by atoms with E-state index in [4.69, 9.17) is 16.3 Å². The van der Waals surface area contributed by atoms with E-state index in [2.05, 4.69) is 22.0 Å². The zero-order valence-electron chi connectivity index (χ0n) is 11.2. The third-order valence-corrected chi connectivity index (χ3v) is 4.99. The Labute approximate surface area is 136 Å². The molecular weight excluding hydrogens is 352 g/mol. The van der Waals surface area contributed by atoms with Gasteiger partial charge in [-0.15, -0.1) is 0 Å². The van der Waals surface area contributed by atoms with Crippen molar-refractivity contribution in [2.45, 2.75) is 25.9 Å². The van der Waals surface area contributed by atoms with Gasteiger partial charge in [-0.2, -0.15) is 0 Å². The number of aryl methyl sites for hydroxylation is 1. The van der Waals surface area contributed by atoms with E-state index < -0.39 is 0 Å². The van der Waals surface area contributed by atoms with Crippen molar-refractivity contribution in [2.24, 2.45) is 0 Å². The lowest BCUT2D eigenvalue weighted by Gasteiger charge is -2.25. The van der Waals surface area contributed by atoms with E-state index in [1.54, 1.807) is 0 Å². The Kier molecular flexibility index (Phi) is 3.09. The molecular formula is C17H12BrClO2. The molecule has 1 heterocycles. The molecule has 2 aliphatic rings. The van der Waals surface area contributed by atoms with Crippen LogP contribution in [0.5, 0.6) is 5.75 Å². The number of ketones is 1. The Morgan fingerprint density at radius 3 is 2.76 bits per heavy atom. The zero-order chi connectivity index (χ0) is 14.6. The van der Waals surface area contributed by atoms with Gasteiger partial charge < -0.3 is 4.74 Å². The van der Waals surface area contributed by atoms with Crippen molar-refractivity contribution in [3.05, 3.63) is 50.5 Å². The van der Waals surface area contributed by atoms with Crippen molar-refractivity contribution >= 4 is 33.3 Å². The molecule has 0 radical (unpaired) electrons. The average molecular weight is 364 g/mol. The molecule has 106 valence electrons. The topological polar surface area (TPSA) is 26.3 Å². The number of fused-ring (bicyclic) bond motifs is 4. The van der Waals surface area contributed by atoms with Gasteiger partial charge in [0.1, 0.15) is 12.4 Å². The van der Waals surface area contributed by atoms with Crippen LogP contribution in [0.2, 0.25) is 5.02 Å². The molecule has 1 aliphatic carbocycles. The summed E-state index contributed by atoms with van der Waals surface area (Å²) in [7, 11) is 0. The lowest BCUT2D eigenvalue weighted by atomic mass is 9.86. The second-order valence-corrected chi connectivity index (χ2v) is 6.78. The summed E-state index contributed by atoms with van der Waals surface area (Å²) in [4.78, 5) is 12.0. The van der Waals surface area contributed by atoms with Gasteiger partial charge in [-0.25, -0.2) is 0 Å². The second-order valence-electron chi connectivity index (χ2n) is 5.49. The molecule has 0 unspecified atom stereocenters. The number of hydrogen-bond donors (Lipinski definition) is 0. The van der Waals surface area contributed by atoms with Crippen LogP contribution in [0.15, 0.2) is 28.7 Å². The summed E-state index contributed by atoms with van der Waals surface area (Å²) >= 11 is 9.72. The van der Waals surface area contributed by atoms with E-state index in [1.807, 2.05) is 18.2 Å². The van der Waals surface area contributed by atoms with Crippen LogP contribution in [-0.2, 0) is 13.0 Å². The summed E-state index contributed by atoms with van der Waals surface area (Å²) in [6.07, 6.45) is 2.52. The summed E-state index contributed by atoms with van der Waals surface area (Å²) in [6.45, 7) is 0.481. The molecule has 2 aromatic rings. The molecule has 0 bridgehead atoms. The molecule has 0 N–H and O–H groups in total. The Morgan fingerprint density at radius 2 is 1.90 bits per heavy atom. The van der Waals surface area contributed by atoms with Gasteiger partial charge in [0.2, 0.25) is 0 Å². The monoisotopic (exact) mass is 362 g/mol. The number of halogens is 2. The fourth-order valence-corrected chi connectivity index (χ4v) is 4.27. The maximum absolute atomic E-state index is 12.0. The summed E-state index contributed by atoms with van der Waals surface area (Å²) in [5.74, 6) is 1.02. The SMILES string of the molecule is O=C1CCCc2cc3c(cc21)OCc1cc(Cl)cc(Br)c1-3. The largest absolute Gasteiger partial charge is 0.488 e. The summed E-state index contributed by atoms with van der Waals surface area (Å²) in [5, 5.41) is 0.695. The summed E-state index contributed by atoms with van der Waals surface area (Å²) in [5.41, 5.74) is 5.20. The van der Waals surface area contributed by atoms with Gasteiger partial charge in [0.25, 0.3) is 0 Å². The number of hydrogen-bond acceptors (Lipinski definition) is 2. The smallest absolute Gasteiger partial charge is 0.163 e. The minimum absolute atomic E-state index is 0.226. The fourth-order valence-electron chi connectivity index (χ4n) is 3.18. The zero-order valence-corrected chi connectivity index (χ0v) is 13.6. The van der Waals surface area contributed by atoms with Gasteiger partial charge in [0.15, 0.2) is 5.78 Å². The van der Waals surface area contributed by atoms with Crippen LogP contribution >= 0.6 is 27.5 Å². The normalized spacial score (nSPS) is 15.8. The van der Waals surface area contributed by atoms with Crippen LogP contribution in [0.3, 0.4) is 0 Å². The first-order valence-electron chi connectivity index (χ1n) is 6.94. The number of benzene rings is 2. The third kappa shape index (κ3) is 2.11. The van der Waals surface area contributed by atoms with E-state index >= 15 is 0 Å². The summed E-state index contributed by atoms with van der Waals surface area (Å²) < 4.78 is 6.81. The molecule has 1 aliphatic heterocycles. The minimum atomic E-state index is 0.226. The molecule has 4 heteroatoms. The lowest BCUT2D eigenvalue weighted by molar-refractivity contribution is 0.0972. The predicted octanol–water partition coefficient (Wildman–Crippen LogP) is 5.18. The fraction of sp³-hybridized carbons (Fsp3) is 0.235. The van der Waals surface area contributed by atoms with Gasteiger partial charge in [0, 0.05) is 32.6 Å². The molecule has 0 saturated carbocycles. The Bertz CT molecular complexity index is 783. The first kappa shape index (κ1) is 13.4. The van der Waals surface area contributed by atoms with E-state index in [1.165, 1.54) is 0 Å². The number of carbonyl (C=O) groups is 1. The number of ether oxygens (including phenoxy) is 1. The molecule has 0 fully saturated rings. The molecule has 0 aromatic heterocycles. The van der Waals surface area contributed by atoms with E-state index in [-0.39, 0.29) is 5.78 Å². The van der Waals surface area contributed by atoms with Gasteiger partial charge >= 0.3 is 0 Å². The molecule has 2 nitrogen and oxygen atoms in total. The first-order valence-corrected chi connectivity index (χ1v) is 8.12. The highest BCUT2D eigenvalue weighted by Crippen LogP contribution is 2.45. The van der Waals surface area contributed by atoms with Crippen LogP contribution in [0.25, 0.3) is 11.1 Å². The molecule has 0 atom stereocenters. The Morgan fingerprint density at radius 1 is 1.05 bits per heavy atom. The van der Waals surface area contributed by atoms with E-state index in [0.717, 1.165) is 50.9 Å². The highest BCUT2D eigenvalue weighted by Gasteiger charge is 2.25. The molecule has 0 spiro atoms. The Hall–Kier alpha value is -1.32. The van der Waals surface area contributed by atoms with Crippen molar-refractivity contribution in [3.63, 3.8) is 0 Å². The highest BCUT2D eigenvalue weighted by atomic mass is 79.9. The van der Waals surface area contributed by atoms with E-state index in [9.17, 15) is 4.79 Å². The second kappa shape index (κ2) is 4.85.